The van der Waals surface area contributed by atoms with Gasteiger partial charge in [-0.2, -0.15) is 4.98 Å². The smallest absolute Gasteiger partial charge is 0.406 e. The zero-order valence-corrected chi connectivity index (χ0v) is 15.7. The van der Waals surface area contributed by atoms with Gasteiger partial charge in [-0.3, -0.25) is 4.90 Å². The molecule has 0 unspecified atom stereocenters. The number of benzene rings is 1. The molecule has 3 rings (SSSR count). The molecule has 1 aliphatic rings. The largest absolute Gasteiger partial charge is 0.573 e. The number of hydrogen-bond acceptors (Lipinski definition) is 6. The first-order valence-corrected chi connectivity index (χ1v) is 8.59. The molecule has 2 N–H and O–H groups in total. The number of rotatable bonds is 4. The monoisotopic (exact) mass is 391 g/mol. The summed E-state index contributed by atoms with van der Waals surface area (Å²) >= 11 is 0. The Bertz CT molecular complexity index is 912. The van der Waals surface area contributed by atoms with Crippen LogP contribution in [0.3, 0.4) is 0 Å². The van der Waals surface area contributed by atoms with Crippen LogP contribution < -0.4 is 20.3 Å². The number of hydrogen-bond donors (Lipinski definition) is 1. The highest BCUT2D eigenvalue weighted by Gasteiger charge is 2.31. The number of nitrogens with two attached hydrogens (primary N) is 1. The maximum Gasteiger partial charge on any atom is 0.573 e. The second-order valence-electron chi connectivity index (χ2n) is 6.48. The SMILES string of the molecule is CC#CN(C)c1nc(N2CC(N)C2)nc(-c2ccc(OC(F)(F)F)cc2)c1C. The van der Waals surface area contributed by atoms with E-state index in [1.54, 1.807) is 18.9 Å². The highest BCUT2D eigenvalue weighted by Crippen LogP contribution is 2.32. The van der Waals surface area contributed by atoms with E-state index in [1.165, 1.54) is 24.3 Å². The molecule has 1 aromatic carbocycles. The number of halogens is 3. The van der Waals surface area contributed by atoms with Crippen molar-refractivity contribution in [1.82, 2.24) is 9.97 Å². The van der Waals surface area contributed by atoms with E-state index in [9.17, 15) is 13.2 Å². The van der Waals surface area contributed by atoms with Gasteiger partial charge < -0.3 is 15.4 Å². The molecule has 0 amide bonds. The average Bonchev–Trinajstić information content (AvgIpc) is 2.59. The third-order valence-corrected chi connectivity index (χ3v) is 4.26. The van der Waals surface area contributed by atoms with Crippen LogP contribution in [0.25, 0.3) is 11.3 Å². The molecular formula is C19H20F3N5O. The zero-order chi connectivity index (χ0) is 20.5. The maximum atomic E-state index is 12.4. The third-order valence-electron chi connectivity index (χ3n) is 4.26. The third kappa shape index (κ3) is 4.28. The van der Waals surface area contributed by atoms with Crippen LogP contribution in [-0.2, 0) is 0 Å². The Labute approximate surface area is 161 Å². The van der Waals surface area contributed by atoms with Crippen LogP contribution in [0.15, 0.2) is 24.3 Å². The quantitative estimate of drug-likeness (QED) is 0.639. The van der Waals surface area contributed by atoms with Crippen LogP contribution in [0.1, 0.15) is 12.5 Å². The summed E-state index contributed by atoms with van der Waals surface area (Å²) in [6.45, 7) is 4.86. The Kier molecular flexibility index (Phi) is 5.34. The molecule has 9 heteroatoms. The van der Waals surface area contributed by atoms with E-state index in [0.29, 0.717) is 36.1 Å². The van der Waals surface area contributed by atoms with Crippen LogP contribution >= 0.6 is 0 Å². The van der Waals surface area contributed by atoms with Gasteiger partial charge in [0.2, 0.25) is 5.95 Å². The molecule has 1 fully saturated rings. The minimum Gasteiger partial charge on any atom is -0.406 e. The molecule has 0 bridgehead atoms. The summed E-state index contributed by atoms with van der Waals surface area (Å²) in [5, 5.41) is 0. The minimum absolute atomic E-state index is 0.0729. The van der Waals surface area contributed by atoms with E-state index >= 15 is 0 Å². The lowest BCUT2D eigenvalue weighted by Crippen LogP contribution is -2.56. The molecule has 1 aromatic heterocycles. The molecule has 0 spiro atoms. The van der Waals surface area contributed by atoms with E-state index < -0.39 is 6.36 Å². The van der Waals surface area contributed by atoms with Crippen molar-refractivity contribution in [3.8, 4) is 29.0 Å². The average molecular weight is 391 g/mol. The molecule has 0 atom stereocenters. The molecule has 2 heterocycles. The predicted octanol–water partition coefficient (Wildman–Crippen LogP) is 2.91. The molecule has 6 nitrogen and oxygen atoms in total. The van der Waals surface area contributed by atoms with Gasteiger partial charge in [0.1, 0.15) is 11.6 Å². The van der Waals surface area contributed by atoms with Crippen LogP contribution in [0.2, 0.25) is 0 Å². The van der Waals surface area contributed by atoms with Crippen molar-refractivity contribution in [3.05, 3.63) is 29.8 Å². The molecule has 1 aliphatic heterocycles. The summed E-state index contributed by atoms with van der Waals surface area (Å²) in [6, 6.07) is 8.61. The predicted molar refractivity (Wildman–Crippen MR) is 101 cm³/mol. The first kappa shape index (κ1) is 19.8. The second-order valence-corrected chi connectivity index (χ2v) is 6.48. The summed E-state index contributed by atoms with van der Waals surface area (Å²) in [5.41, 5.74) is 7.90. The second kappa shape index (κ2) is 7.56. The number of aromatic nitrogens is 2. The maximum absolute atomic E-state index is 12.4. The molecule has 28 heavy (non-hydrogen) atoms. The molecule has 2 aromatic rings. The van der Waals surface area contributed by atoms with Crippen molar-refractivity contribution in [2.45, 2.75) is 26.3 Å². The van der Waals surface area contributed by atoms with E-state index in [0.717, 1.165) is 5.56 Å². The lowest BCUT2D eigenvalue weighted by Gasteiger charge is -2.37. The molecule has 1 saturated heterocycles. The van der Waals surface area contributed by atoms with Gasteiger partial charge in [0.25, 0.3) is 0 Å². The molecule has 0 radical (unpaired) electrons. The van der Waals surface area contributed by atoms with E-state index in [4.69, 9.17) is 5.73 Å². The fourth-order valence-electron chi connectivity index (χ4n) is 2.95. The molecular weight excluding hydrogens is 371 g/mol. The van der Waals surface area contributed by atoms with Crippen LogP contribution in [-0.4, -0.2) is 42.5 Å². The minimum atomic E-state index is -4.73. The summed E-state index contributed by atoms with van der Waals surface area (Å²) < 4.78 is 41.1. The van der Waals surface area contributed by atoms with Crippen molar-refractivity contribution in [3.63, 3.8) is 0 Å². The fourth-order valence-corrected chi connectivity index (χ4v) is 2.95. The fraction of sp³-hybridized carbons (Fsp3) is 0.368. The molecule has 148 valence electrons. The standard InChI is InChI=1S/C19H20F3N5O/c1-4-9-26(3)17-12(2)16(24-18(25-17)27-10-14(23)11-27)13-5-7-15(8-6-13)28-19(20,21)22/h5-8,14H,10-11,23H2,1-3H3. The zero-order valence-electron chi connectivity index (χ0n) is 15.7. The van der Waals surface area contributed by atoms with E-state index in [-0.39, 0.29) is 11.8 Å². The number of anilines is 2. The number of nitrogens with zero attached hydrogens (tertiary/aromatic N) is 4. The van der Waals surface area contributed by atoms with Crippen molar-refractivity contribution in [2.75, 3.05) is 29.9 Å². The van der Waals surface area contributed by atoms with Gasteiger partial charge in [0.05, 0.1) is 5.69 Å². The van der Waals surface area contributed by atoms with Gasteiger partial charge in [-0.1, -0.05) is 5.92 Å². The van der Waals surface area contributed by atoms with Crippen molar-refractivity contribution in [2.24, 2.45) is 5.73 Å². The summed E-state index contributed by atoms with van der Waals surface area (Å²) in [6.07, 6.45) is -4.73. The highest BCUT2D eigenvalue weighted by molar-refractivity contribution is 5.72. The Morgan fingerprint density at radius 1 is 1.21 bits per heavy atom. The first-order valence-electron chi connectivity index (χ1n) is 8.59. The highest BCUT2D eigenvalue weighted by atomic mass is 19.4. The van der Waals surface area contributed by atoms with Gasteiger partial charge in [-0.15, -0.1) is 13.2 Å². The normalized spacial score (nSPS) is 14.2. The topological polar surface area (TPSA) is 67.5 Å². The summed E-state index contributed by atoms with van der Waals surface area (Å²) in [4.78, 5) is 12.9. The van der Waals surface area contributed by atoms with E-state index in [2.05, 4.69) is 26.7 Å². The Balaban J connectivity index is 2.02. The Hall–Kier alpha value is -2.99. The van der Waals surface area contributed by atoms with Crippen LogP contribution in [0.5, 0.6) is 5.75 Å². The Morgan fingerprint density at radius 3 is 2.39 bits per heavy atom. The van der Waals surface area contributed by atoms with Crippen molar-refractivity contribution < 1.29 is 17.9 Å². The summed E-state index contributed by atoms with van der Waals surface area (Å²) in [7, 11) is 1.79. The van der Waals surface area contributed by atoms with Gasteiger partial charge >= 0.3 is 6.36 Å². The summed E-state index contributed by atoms with van der Waals surface area (Å²) in [5.74, 6) is 3.68. The van der Waals surface area contributed by atoms with Crippen LogP contribution in [0, 0.1) is 18.9 Å². The van der Waals surface area contributed by atoms with Gasteiger partial charge in [0.15, 0.2) is 0 Å². The van der Waals surface area contributed by atoms with Gasteiger partial charge in [0, 0.05) is 43.4 Å². The van der Waals surface area contributed by atoms with Crippen molar-refractivity contribution >= 4 is 11.8 Å². The van der Waals surface area contributed by atoms with Gasteiger partial charge in [-0.25, -0.2) is 4.98 Å². The van der Waals surface area contributed by atoms with Crippen LogP contribution in [0.4, 0.5) is 24.9 Å². The molecule has 0 saturated carbocycles. The van der Waals surface area contributed by atoms with Crippen molar-refractivity contribution in [1.29, 1.82) is 0 Å². The number of ether oxygens (including phenoxy) is 1. The van der Waals surface area contributed by atoms with E-state index in [1.807, 2.05) is 11.8 Å². The lowest BCUT2D eigenvalue weighted by molar-refractivity contribution is -0.274. The van der Waals surface area contributed by atoms with Gasteiger partial charge in [-0.05, 0) is 38.1 Å². The molecule has 0 aliphatic carbocycles. The lowest BCUT2D eigenvalue weighted by atomic mass is 10.1. The number of alkyl halides is 3. The Morgan fingerprint density at radius 2 is 1.86 bits per heavy atom. The first-order chi connectivity index (χ1) is 13.2.